The zero-order valence-corrected chi connectivity index (χ0v) is 14.7. The fourth-order valence-corrected chi connectivity index (χ4v) is 3.67. The van der Waals surface area contributed by atoms with Gasteiger partial charge in [0.1, 0.15) is 10.6 Å². The molecule has 2 aromatic carbocycles. The molecule has 7 heteroatoms. The van der Waals surface area contributed by atoms with Crippen LogP contribution in [0.4, 0.5) is 0 Å². The molecule has 0 aliphatic carbocycles. The van der Waals surface area contributed by atoms with Crippen LogP contribution in [0.3, 0.4) is 0 Å². The molecule has 1 atom stereocenters. The highest BCUT2D eigenvalue weighted by Crippen LogP contribution is 2.40. The molecule has 3 aromatic rings. The molecule has 1 aromatic heterocycles. The van der Waals surface area contributed by atoms with Gasteiger partial charge < -0.3 is 10.1 Å². The zero-order chi connectivity index (χ0) is 18.2. The molecule has 4 N–H and O–H groups in total. The first-order valence-electron chi connectivity index (χ1n) is 7.69. The lowest BCUT2D eigenvalue weighted by Gasteiger charge is -2.21. The van der Waals surface area contributed by atoms with Crippen molar-refractivity contribution >= 4 is 10.0 Å². The normalized spacial score (nSPS) is 12.9. The Balaban J connectivity index is 2.30. The van der Waals surface area contributed by atoms with Gasteiger partial charge in [0.2, 0.25) is 10.0 Å². The number of aryl methyl sites for hydroxylation is 1. The van der Waals surface area contributed by atoms with Crippen molar-refractivity contribution in [2.75, 3.05) is 0 Å². The predicted molar refractivity (Wildman–Crippen MR) is 94.9 cm³/mol. The first-order valence-corrected chi connectivity index (χ1v) is 9.24. The number of hydrogen-bond acceptors (Lipinski definition) is 4. The quantitative estimate of drug-likeness (QED) is 0.666. The van der Waals surface area contributed by atoms with Gasteiger partial charge in [0.15, 0.2) is 0 Å². The van der Waals surface area contributed by atoms with E-state index in [1.807, 2.05) is 32.0 Å². The van der Waals surface area contributed by atoms with E-state index in [0.29, 0.717) is 5.56 Å². The monoisotopic (exact) mass is 357 g/mol. The van der Waals surface area contributed by atoms with E-state index in [1.54, 1.807) is 24.7 Å². The van der Waals surface area contributed by atoms with Gasteiger partial charge in [-0.1, -0.05) is 30.3 Å². The Morgan fingerprint density at radius 2 is 1.80 bits per heavy atom. The summed E-state index contributed by atoms with van der Waals surface area (Å²) in [4.78, 5) is 6.84. The number of phenols is 1. The lowest BCUT2D eigenvalue weighted by atomic mass is 9.84. The Labute approximate surface area is 146 Å². The average Bonchev–Trinajstić information content (AvgIpc) is 3.06. The van der Waals surface area contributed by atoms with Crippen LogP contribution in [-0.4, -0.2) is 23.5 Å². The van der Waals surface area contributed by atoms with Gasteiger partial charge in [0, 0.05) is 17.5 Å². The van der Waals surface area contributed by atoms with Gasteiger partial charge in [-0.3, -0.25) is 0 Å². The molecular formula is C18H19N3O3S. The number of primary sulfonamides is 1. The van der Waals surface area contributed by atoms with Gasteiger partial charge in [0.25, 0.3) is 0 Å². The third-order valence-electron chi connectivity index (χ3n) is 4.44. The van der Waals surface area contributed by atoms with Crippen molar-refractivity contribution in [3.63, 3.8) is 0 Å². The molecule has 25 heavy (non-hydrogen) atoms. The molecule has 130 valence electrons. The molecule has 0 saturated carbocycles. The lowest BCUT2D eigenvalue weighted by molar-refractivity contribution is 0.450. The Morgan fingerprint density at radius 1 is 1.12 bits per heavy atom. The number of aromatic hydroxyl groups is 1. The lowest BCUT2D eigenvalue weighted by Crippen LogP contribution is -2.14. The molecule has 1 heterocycles. The predicted octanol–water partition coefficient (Wildman–Crippen LogP) is 2.56. The standard InChI is InChI=1S/C18H19N3O3S/c1-11-5-3-6-13(12(11)2)17(15-9-20-10-21-15)14-7-4-8-16(18(14)22)25(19,23)24/h3-10,17,22H,1-2H3,(H,20,21)(H2,19,23,24). The fraction of sp³-hybridized carbons (Fsp3) is 0.167. The Hall–Kier alpha value is -2.64. The van der Waals surface area contributed by atoms with Crippen LogP contribution in [0.2, 0.25) is 0 Å². The van der Waals surface area contributed by atoms with Crippen molar-refractivity contribution in [3.05, 3.63) is 76.9 Å². The second-order valence-electron chi connectivity index (χ2n) is 5.97. The number of aromatic amines is 1. The van der Waals surface area contributed by atoms with Crippen molar-refractivity contribution in [2.45, 2.75) is 24.7 Å². The summed E-state index contributed by atoms with van der Waals surface area (Å²) in [6.07, 6.45) is 3.21. The summed E-state index contributed by atoms with van der Waals surface area (Å²) in [7, 11) is -4.03. The smallest absolute Gasteiger partial charge is 0.241 e. The highest BCUT2D eigenvalue weighted by molar-refractivity contribution is 7.89. The maximum Gasteiger partial charge on any atom is 0.241 e. The number of nitrogens with one attached hydrogen (secondary N) is 1. The van der Waals surface area contributed by atoms with E-state index in [1.165, 1.54) is 6.07 Å². The maximum absolute atomic E-state index is 11.8. The minimum Gasteiger partial charge on any atom is -0.506 e. The highest BCUT2D eigenvalue weighted by atomic mass is 32.2. The van der Waals surface area contributed by atoms with Gasteiger partial charge >= 0.3 is 0 Å². The molecule has 0 aliphatic rings. The largest absolute Gasteiger partial charge is 0.506 e. The van der Waals surface area contributed by atoms with Gasteiger partial charge in [-0.05, 0) is 36.6 Å². The summed E-state index contributed by atoms with van der Waals surface area (Å²) in [5.41, 5.74) is 4.30. The van der Waals surface area contributed by atoms with Crippen LogP contribution in [0.5, 0.6) is 5.75 Å². The molecular weight excluding hydrogens is 338 g/mol. The molecule has 0 saturated heterocycles. The van der Waals surface area contributed by atoms with Crippen molar-refractivity contribution < 1.29 is 13.5 Å². The summed E-state index contributed by atoms with van der Waals surface area (Å²) >= 11 is 0. The second-order valence-corrected chi connectivity index (χ2v) is 7.50. The summed E-state index contributed by atoms with van der Waals surface area (Å²) in [6, 6.07) is 10.4. The van der Waals surface area contributed by atoms with Gasteiger partial charge in [0.05, 0.1) is 12.2 Å². The van der Waals surface area contributed by atoms with Crippen molar-refractivity contribution in [1.82, 2.24) is 9.97 Å². The Morgan fingerprint density at radius 3 is 2.44 bits per heavy atom. The second kappa shape index (κ2) is 6.34. The number of aromatic nitrogens is 2. The fourth-order valence-electron chi connectivity index (χ4n) is 3.02. The molecule has 3 rings (SSSR count). The van der Waals surface area contributed by atoms with Crippen LogP contribution < -0.4 is 5.14 Å². The first-order chi connectivity index (χ1) is 11.8. The summed E-state index contributed by atoms with van der Waals surface area (Å²) in [6.45, 7) is 4.00. The topological polar surface area (TPSA) is 109 Å². The van der Waals surface area contributed by atoms with E-state index < -0.39 is 15.9 Å². The summed E-state index contributed by atoms with van der Waals surface area (Å²) in [5, 5.41) is 15.9. The van der Waals surface area contributed by atoms with Crippen LogP contribution in [0.25, 0.3) is 0 Å². The molecule has 0 spiro atoms. The number of phenolic OH excluding ortho intramolecular Hbond substituents is 1. The van der Waals surface area contributed by atoms with E-state index in [0.717, 1.165) is 22.4 Å². The number of imidazole rings is 1. The molecule has 0 fully saturated rings. The average molecular weight is 357 g/mol. The third-order valence-corrected chi connectivity index (χ3v) is 5.38. The van der Waals surface area contributed by atoms with Gasteiger partial charge in [-0.2, -0.15) is 0 Å². The van der Waals surface area contributed by atoms with Crippen LogP contribution in [0.1, 0.15) is 33.9 Å². The number of rotatable bonds is 4. The number of nitrogens with two attached hydrogens (primary N) is 1. The number of sulfonamides is 1. The van der Waals surface area contributed by atoms with E-state index in [9.17, 15) is 13.5 Å². The molecule has 1 unspecified atom stereocenters. The molecule has 0 bridgehead atoms. The number of H-pyrrole nitrogens is 1. The third kappa shape index (κ3) is 3.16. The molecule has 0 amide bonds. The first kappa shape index (κ1) is 17.2. The minimum absolute atomic E-state index is 0.292. The SMILES string of the molecule is Cc1cccc(C(c2cnc[nH]2)c2cccc(S(N)(=O)=O)c2O)c1C. The van der Waals surface area contributed by atoms with Crippen LogP contribution in [0, 0.1) is 13.8 Å². The van der Waals surface area contributed by atoms with Crippen LogP contribution >= 0.6 is 0 Å². The Kier molecular flexibility index (Phi) is 4.36. The van der Waals surface area contributed by atoms with E-state index >= 15 is 0 Å². The molecule has 0 radical (unpaired) electrons. The van der Waals surface area contributed by atoms with Gasteiger partial charge in [-0.15, -0.1) is 0 Å². The number of hydrogen-bond donors (Lipinski definition) is 3. The maximum atomic E-state index is 11.8. The highest BCUT2D eigenvalue weighted by Gasteiger charge is 2.26. The van der Waals surface area contributed by atoms with Crippen LogP contribution in [0.15, 0.2) is 53.8 Å². The van der Waals surface area contributed by atoms with Gasteiger partial charge in [-0.25, -0.2) is 18.5 Å². The van der Waals surface area contributed by atoms with Crippen molar-refractivity contribution in [2.24, 2.45) is 5.14 Å². The van der Waals surface area contributed by atoms with E-state index in [-0.39, 0.29) is 10.6 Å². The number of para-hydroxylation sites is 1. The van der Waals surface area contributed by atoms with Crippen LogP contribution in [-0.2, 0) is 10.0 Å². The van der Waals surface area contributed by atoms with E-state index in [4.69, 9.17) is 5.14 Å². The van der Waals surface area contributed by atoms with Crippen molar-refractivity contribution in [1.29, 1.82) is 0 Å². The molecule has 6 nitrogen and oxygen atoms in total. The minimum atomic E-state index is -4.03. The zero-order valence-electron chi connectivity index (χ0n) is 13.9. The molecule has 0 aliphatic heterocycles. The Bertz CT molecular complexity index is 1010. The van der Waals surface area contributed by atoms with E-state index in [2.05, 4.69) is 9.97 Å². The number of nitrogens with zero attached hydrogens (tertiary/aromatic N) is 1. The van der Waals surface area contributed by atoms with Crippen molar-refractivity contribution in [3.8, 4) is 5.75 Å². The number of benzene rings is 2. The summed E-state index contributed by atoms with van der Waals surface area (Å²) in [5.74, 6) is -0.741. The summed E-state index contributed by atoms with van der Waals surface area (Å²) < 4.78 is 23.5.